The molecule has 2 aromatic rings. The van der Waals surface area contributed by atoms with Crippen molar-refractivity contribution in [1.29, 1.82) is 0 Å². The summed E-state index contributed by atoms with van der Waals surface area (Å²) in [5.41, 5.74) is 2.20. The molecule has 0 aromatic heterocycles. The molecular formula is C20H24N2O4S. The summed E-state index contributed by atoms with van der Waals surface area (Å²) in [6.45, 7) is 5.25. The lowest BCUT2D eigenvalue weighted by molar-refractivity contribution is -0.116. The molecule has 0 saturated heterocycles. The van der Waals surface area contributed by atoms with Gasteiger partial charge in [0.1, 0.15) is 0 Å². The molecule has 0 radical (unpaired) electrons. The second kappa shape index (κ2) is 8.45. The van der Waals surface area contributed by atoms with Gasteiger partial charge in [0, 0.05) is 18.3 Å². The van der Waals surface area contributed by atoms with Crippen LogP contribution < -0.4 is 5.32 Å². The molecule has 0 heterocycles. The molecule has 144 valence electrons. The normalized spacial score (nSPS) is 11.6. The third-order valence-electron chi connectivity index (χ3n) is 4.20. The molecule has 2 rings (SSSR count). The molecule has 0 unspecified atom stereocenters. The predicted octanol–water partition coefficient (Wildman–Crippen LogP) is 3.27. The minimum atomic E-state index is -3.83. The number of likely N-dealkylation sites (N-methyl/N-ethyl adjacent to an activating group) is 1. The number of carbonyl (C=O) groups is 2. The first-order valence-electron chi connectivity index (χ1n) is 8.58. The number of ketones is 1. The van der Waals surface area contributed by atoms with Gasteiger partial charge in [-0.25, -0.2) is 8.42 Å². The van der Waals surface area contributed by atoms with E-state index in [2.05, 4.69) is 19.2 Å². The lowest BCUT2D eigenvalue weighted by Gasteiger charge is -2.17. The Kier molecular flexibility index (Phi) is 6.51. The van der Waals surface area contributed by atoms with Crippen molar-refractivity contribution in [2.75, 3.05) is 18.9 Å². The molecule has 0 aliphatic heterocycles. The molecule has 0 spiro atoms. The third kappa shape index (κ3) is 5.24. The molecule has 0 bridgehead atoms. The van der Waals surface area contributed by atoms with Gasteiger partial charge in [-0.05, 0) is 42.7 Å². The number of hydrogen-bond acceptors (Lipinski definition) is 4. The molecule has 1 amide bonds. The van der Waals surface area contributed by atoms with Crippen molar-refractivity contribution in [1.82, 2.24) is 4.31 Å². The van der Waals surface area contributed by atoms with Gasteiger partial charge < -0.3 is 5.32 Å². The Labute approximate surface area is 160 Å². The largest absolute Gasteiger partial charge is 0.325 e. The summed E-state index contributed by atoms with van der Waals surface area (Å²) in [7, 11) is -2.48. The highest BCUT2D eigenvalue weighted by Crippen LogP contribution is 2.18. The van der Waals surface area contributed by atoms with Gasteiger partial charge >= 0.3 is 0 Å². The first-order chi connectivity index (χ1) is 12.6. The van der Waals surface area contributed by atoms with E-state index < -0.39 is 15.9 Å². The van der Waals surface area contributed by atoms with E-state index in [9.17, 15) is 18.0 Å². The smallest absolute Gasteiger partial charge is 0.243 e. The van der Waals surface area contributed by atoms with Crippen LogP contribution >= 0.6 is 0 Å². The Morgan fingerprint density at radius 2 is 1.56 bits per heavy atom. The number of benzene rings is 2. The van der Waals surface area contributed by atoms with Crippen molar-refractivity contribution < 1.29 is 18.0 Å². The Hall–Kier alpha value is -2.51. The average molecular weight is 388 g/mol. The zero-order valence-electron chi connectivity index (χ0n) is 15.9. The number of nitrogens with one attached hydrogen (secondary N) is 1. The fraction of sp³-hybridized carbons (Fsp3) is 0.300. The Morgan fingerprint density at radius 1 is 1.00 bits per heavy atom. The van der Waals surface area contributed by atoms with Crippen LogP contribution in [0.25, 0.3) is 0 Å². The van der Waals surface area contributed by atoms with Gasteiger partial charge in [0.25, 0.3) is 0 Å². The van der Waals surface area contributed by atoms with Crippen LogP contribution in [-0.4, -0.2) is 38.0 Å². The van der Waals surface area contributed by atoms with Crippen molar-refractivity contribution >= 4 is 27.4 Å². The zero-order valence-corrected chi connectivity index (χ0v) is 16.7. The number of amides is 1. The number of hydrogen-bond donors (Lipinski definition) is 1. The number of Topliss-reactive ketones (excluding diaryl/α,β-unsaturated/α-hetero) is 1. The van der Waals surface area contributed by atoms with E-state index in [-0.39, 0.29) is 17.2 Å². The topological polar surface area (TPSA) is 83.6 Å². The molecule has 1 N–H and O–H groups in total. The summed E-state index contributed by atoms with van der Waals surface area (Å²) < 4.78 is 26.1. The van der Waals surface area contributed by atoms with Crippen molar-refractivity contribution in [3.63, 3.8) is 0 Å². The fourth-order valence-electron chi connectivity index (χ4n) is 2.48. The SMILES string of the molecule is CC(=O)c1ccc(S(=O)(=O)N(C)CC(=O)Nc2ccc(C(C)C)cc2)cc1. The Bertz CT molecular complexity index is 917. The summed E-state index contributed by atoms with van der Waals surface area (Å²) in [6.07, 6.45) is 0. The molecule has 27 heavy (non-hydrogen) atoms. The fourth-order valence-corrected chi connectivity index (χ4v) is 3.61. The standard InChI is InChI=1S/C20H24N2O4S/c1-14(2)16-5-9-18(10-6-16)21-20(24)13-22(4)27(25,26)19-11-7-17(8-12-19)15(3)23/h5-12,14H,13H2,1-4H3,(H,21,24). The molecule has 2 aromatic carbocycles. The highest BCUT2D eigenvalue weighted by molar-refractivity contribution is 7.89. The van der Waals surface area contributed by atoms with Gasteiger partial charge in [-0.2, -0.15) is 4.31 Å². The van der Waals surface area contributed by atoms with Crippen LogP contribution in [0.2, 0.25) is 0 Å². The maximum absolute atomic E-state index is 12.6. The van der Waals surface area contributed by atoms with Crippen molar-refractivity contribution in [3.8, 4) is 0 Å². The van der Waals surface area contributed by atoms with Gasteiger partial charge in [-0.15, -0.1) is 0 Å². The lowest BCUT2D eigenvalue weighted by atomic mass is 10.0. The molecule has 7 heteroatoms. The second-order valence-corrected chi connectivity index (χ2v) is 8.71. The van der Waals surface area contributed by atoms with Crippen LogP contribution in [0.1, 0.15) is 42.6 Å². The van der Waals surface area contributed by atoms with Crippen LogP contribution in [0, 0.1) is 0 Å². The number of sulfonamides is 1. The minimum Gasteiger partial charge on any atom is -0.325 e. The van der Waals surface area contributed by atoms with Crippen molar-refractivity contribution in [2.45, 2.75) is 31.6 Å². The van der Waals surface area contributed by atoms with Crippen molar-refractivity contribution in [3.05, 3.63) is 59.7 Å². The van der Waals surface area contributed by atoms with Gasteiger partial charge in [-0.3, -0.25) is 9.59 Å². The summed E-state index contributed by atoms with van der Waals surface area (Å²) in [4.78, 5) is 23.5. The number of carbonyl (C=O) groups excluding carboxylic acids is 2. The highest BCUT2D eigenvalue weighted by Gasteiger charge is 2.23. The number of rotatable bonds is 7. The first-order valence-corrected chi connectivity index (χ1v) is 10.0. The molecule has 6 nitrogen and oxygen atoms in total. The minimum absolute atomic E-state index is 0.0316. The highest BCUT2D eigenvalue weighted by atomic mass is 32.2. The van der Waals surface area contributed by atoms with Crippen LogP contribution in [0.15, 0.2) is 53.4 Å². The van der Waals surface area contributed by atoms with Crippen LogP contribution in [0.4, 0.5) is 5.69 Å². The van der Waals surface area contributed by atoms with E-state index in [1.165, 1.54) is 38.2 Å². The summed E-state index contributed by atoms with van der Waals surface area (Å²) in [5.74, 6) is -0.186. The van der Waals surface area contributed by atoms with Crippen LogP contribution in [-0.2, 0) is 14.8 Å². The van der Waals surface area contributed by atoms with Crippen molar-refractivity contribution in [2.24, 2.45) is 0 Å². The zero-order chi connectivity index (χ0) is 20.2. The maximum atomic E-state index is 12.6. The number of anilines is 1. The van der Waals surface area contributed by atoms with E-state index in [4.69, 9.17) is 0 Å². The van der Waals surface area contributed by atoms with Gasteiger partial charge in [0.15, 0.2) is 5.78 Å². The predicted molar refractivity (Wildman–Crippen MR) is 105 cm³/mol. The van der Waals surface area contributed by atoms with E-state index >= 15 is 0 Å². The molecule has 0 atom stereocenters. The van der Waals surface area contributed by atoms with Gasteiger partial charge in [-0.1, -0.05) is 38.1 Å². The van der Waals surface area contributed by atoms with E-state index in [0.29, 0.717) is 17.2 Å². The van der Waals surface area contributed by atoms with E-state index in [1.54, 1.807) is 12.1 Å². The van der Waals surface area contributed by atoms with Gasteiger partial charge in [0.2, 0.25) is 15.9 Å². The van der Waals surface area contributed by atoms with E-state index in [1.807, 2.05) is 12.1 Å². The molecule has 0 saturated carbocycles. The quantitative estimate of drug-likeness (QED) is 0.738. The monoisotopic (exact) mass is 388 g/mol. The molecule has 0 aliphatic rings. The summed E-state index contributed by atoms with van der Waals surface area (Å²) in [6, 6.07) is 13.1. The molecule has 0 aliphatic carbocycles. The third-order valence-corrected chi connectivity index (χ3v) is 6.01. The number of nitrogens with zero attached hydrogens (tertiary/aromatic N) is 1. The lowest BCUT2D eigenvalue weighted by Crippen LogP contribution is -2.35. The second-order valence-electron chi connectivity index (χ2n) is 6.67. The average Bonchev–Trinajstić information content (AvgIpc) is 2.62. The molecular weight excluding hydrogens is 364 g/mol. The molecule has 0 fully saturated rings. The van der Waals surface area contributed by atoms with Crippen LogP contribution in [0.5, 0.6) is 0 Å². The first kappa shape index (κ1) is 20.8. The van der Waals surface area contributed by atoms with Gasteiger partial charge in [0.05, 0.1) is 11.4 Å². The Morgan fingerprint density at radius 3 is 2.04 bits per heavy atom. The van der Waals surface area contributed by atoms with E-state index in [0.717, 1.165) is 9.87 Å². The maximum Gasteiger partial charge on any atom is 0.243 e. The summed E-state index contributed by atoms with van der Waals surface area (Å²) in [5, 5.41) is 2.70. The Balaban J connectivity index is 2.04. The van der Waals surface area contributed by atoms with Crippen LogP contribution in [0.3, 0.4) is 0 Å². The summed E-state index contributed by atoms with van der Waals surface area (Å²) >= 11 is 0.